The summed E-state index contributed by atoms with van der Waals surface area (Å²) in [5, 5.41) is 5.52. The van der Waals surface area contributed by atoms with Gasteiger partial charge in [-0.2, -0.15) is 4.31 Å². The molecule has 168 valence electrons. The van der Waals surface area contributed by atoms with Crippen LogP contribution in [0.3, 0.4) is 0 Å². The number of halogens is 1. The summed E-state index contributed by atoms with van der Waals surface area (Å²) in [6.07, 6.45) is 2.67. The molecule has 2 aromatic carbocycles. The van der Waals surface area contributed by atoms with Crippen molar-refractivity contribution in [2.75, 3.05) is 30.3 Å². The van der Waals surface area contributed by atoms with Crippen LogP contribution in [0.2, 0.25) is 0 Å². The predicted octanol–water partition coefficient (Wildman–Crippen LogP) is 3.84. The average molecular weight is 450 g/mol. The largest absolute Gasteiger partial charge is 0.492 e. The lowest BCUT2D eigenvalue weighted by molar-refractivity contribution is -0.116. The van der Waals surface area contributed by atoms with Gasteiger partial charge in [0, 0.05) is 18.8 Å². The summed E-state index contributed by atoms with van der Waals surface area (Å²) < 4.78 is 47.3. The maximum atomic E-state index is 13.8. The molecule has 9 heteroatoms. The average Bonchev–Trinajstić information content (AvgIpc) is 2.77. The van der Waals surface area contributed by atoms with E-state index in [1.165, 1.54) is 28.6 Å². The topological polar surface area (TPSA) is 87.7 Å². The molecule has 0 aromatic heterocycles. The zero-order chi connectivity index (χ0) is 22.4. The van der Waals surface area contributed by atoms with E-state index in [4.69, 9.17) is 4.74 Å². The lowest BCUT2D eigenvalue weighted by Gasteiger charge is -2.27. The number of nitrogens with one attached hydrogen (secondary N) is 2. The summed E-state index contributed by atoms with van der Waals surface area (Å²) in [7, 11) is -3.73. The molecule has 2 aromatic rings. The van der Waals surface area contributed by atoms with Gasteiger partial charge in [0.2, 0.25) is 15.9 Å². The first-order chi connectivity index (χ1) is 14.8. The number of sulfonamides is 1. The molecule has 7 nitrogen and oxygen atoms in total. The van der Waals surface area contributed by atoms with Crippen molar-refractivity contribution in [1.82, 2.24) is 4.31 Å². The van der Waals surface area contributed by atoms with E-state index in [-0.39, 0.29) is 16.3 Å². The summed E-state index contributed by atoms with van der Waals surface area (Å²) in [6, 6.07) is 9.90. The molecule has 0 bridgehead atoms. The van der Waals surface area contributed by atoms with Gasteiger partial charge in [0.1, 0.15) is 22.5 Å². The van der Waals surface area contributed by atoms with E-state index >= 15 is 0 Å². The number of carbonyl (C=O) groups is 1. The molecular weight excluding hydrogens is 421 g/mol. The number of para-hydroxylation sites is 1. The molecule has 1 aliphatic heterocycles. The number of ether oxygens (including phenoxy) is 1. The van der Waals surface area contributed by atoms with Crippen LogP contribution < -0.4 is 15.4 Å². The minimum Gasteiger partial charge on any atom is -0.492 e. The smallest absolute Gasteiger partial charge is 0.246 e. The Morgan fingerprint density at radius 1 is 1.16 bits per heavy atom. The molecular formula is C22H28FN3O4S. The van der Waals surface area contributed by atoms with E-state index in [1.807, 2.05) is 0 Å². The number of anilines is 2. The Labute approximate surface area is 182 Å². The minimum absolute atomic E-state index is 0.0722. The Morgan fingerprint density at radius 2 is 1.87 bits per heavy atom. The number of rotatable bonds is 8. The molecule has 2 N–H and O–H groups in total. The van der Waals surface area contributed by atoms with E-state index in [9.17, 15) is 17.6 Å². The first-order valence-corrected chi connectivity index (χ1v) is 11.9. The van der Waals surface area contributed by atoms with Gasteiger partial charge in [0.15, 0.2) is 0 Å². The summed E-state index contributed by atoms with van der Waals surface area (Å²) >= 11 is 0. The van der Waals surface area contributed by atoms with Gasteiger partial charge in [0.05, 0.1) is 12.3 Å². The van der Waals surface area contributed by atoms with Crippen LogP contribution in [-0.2, 0) is 14.8 Å². The van der Waals surface area contributed by atoms with Crippen molar-refractivity contribution in [3.63, 3.8) is 0 Å². The second kappa shape index (κ2) is 10.1. The quantitative estimate of drug-likeness (QED) is 0.639. The van der Waals surface area contributed by atoms with Gasteiger partial charge in [-0.25, -0.2) is 12.8 Å². The summed E-state index contributed by atoms with van der Waals surface area (Å²) in [5.74, 6) is -0.694. The first kappa shape index (κ1) is 23.0. The fourth-order valence-corrected chi connectivity index (χ4v) is 5.11. The maximum absolute atomic E-state index is 13.8. The third-order valence-corrected chi connectivity index (χ3v) is 7.00. The Balaban J connectivity index is 1.81. The molecule has 1 heterocycles. The molecule has 1 amide bonds. The molecule has 0 radical (unpaired) electrons. The Bertz CT molecular complexity index is 1020. The van der Waals surface area contributed by atoms with Crippen molar-refractivity contribution in [3.8, 4) is 5.75 Å². The van der Waals surface area contributed by atoms with Crippen LogP contribution in [0.15, 0.2) is 47.4 Å². The number of carbonyl (C=O) groups excluding carboxylic acids is 1. The summed E-state index contributed by atoms with van der Waals surface area (Å²) in [6.45, 7) is 4.70. The number of hydrogen-bond donors (Lipinski definition) is 2. The van der Waals surface area contributed by atoms with Crippen LogP contribution in [0.25, 0.3) is 0 Å². The molecule has 3 rings (SSSR count). The second-order valence-electron chi connectivity index (χ2n) is 7.39. The predicted molar refractivity (Wildman–Crippen MR) is 118 cm³/mol. The van der Waals surface area contributed by atoms with Gasteiger partial charge in [-0.15, -0.1) is 0 Å². The Kier molecular flexibility index (Phi) is 7.50. The second-order valence-corrected chi connectivity index (χ2v) is 9.30. The van der Waals surface area contributed by atoms with E-state index in [2.05, 4.69) is 10.6 Å². The van der Waals surface area contributed by atoms with Crippen LogP contribution in [0.5, 0.6) is 5.75 Å². The highest BCUT2D eigenvalue weighted by Gasteiger charge is 2.29. The molecule has 1 atom stereocenters. The van der Waals surface area contributed by atoms with Crippen molar-refractivity contribution in [2.24, 2.45) is 0 Å². The van der Waals surface area contributed by atoms with E-state index in [0.717, 1.165) is 19.3 Å². The maximum Gasteiger partial charge on any atom is 0.246 e. The van der Waals surface area contributed by atoms with E-state index < -0.39 is 27.8 Å². The third-order valence-electron chi connectivity index (χ3n) is 5.08. The van der Waals surface area contributed by atoms with Gasteiger partial charge >= 0.3 is 0 Å². The molecule has 1 aliphatic rings. The summed E-state index contributed by atoms with van der Waals surface area (Å²) in [4.78, 5) is 12.5. The third kappa shape index (κ3) is 5.54. The van der Waals surface area contributed by atoms with E-state index in [0.29, 0.717) is 25.4 Å². The molecule has 0 aliphatic carbocycles. The van der Waals surface area contributed by atoms with Crippen LogP contribution in [0.1, 0.15) is 33.1 Å². The number of amides is 1. The first-order valence-electron chi connectivity index (χ1n) is 10.4. The zero-order valence-electron chi connectivity index (χ0n) is 17.7. The lowest BCUT2D eigenvalue weighted by Crippen LogP contribution is -2.36. The number of benzene rings is 2. The Morgan fingerprint density at radius 3 is 2.55 bits per heavy atom. The lowest BCUT2D eigenvalue weighted by atomic mass is 10.2. The molecule has 0 spiro atoms. The van der Waals surface area contributed by atoms with Crippen LogP contribution >= 0.6 is 0 Å². The van der Waals surface area contributed by atoms with Gasteiger partial charge < -0.3 is 15.4 Å². The van der Waals surface area contributed by atoms with Gasteiger partial charge in [-0.3, -0.25) is 4.79 Å². The Hall–Kier alpha value is -2.65. The molecule has 0 unspecified atom stereocenters. The van der Waals surface area contributed by atoms with Crippen molar-refractivity contribution < 1.29 is 22.3 Å². The SMILES string of the molecule is CCOc1ccc(N[C@H](C)C(=O)Nc2ccccc2F)cc1S(=O)(=O)N1CCCCC1. The minimum atomic E-state index is -3.73. The van der Waals surface area contributed by atoms with Crippen LogP contribution in [-0.4, -0.2) is 44.4 Å². The fourth-order valence-electron chi connectivity index (χ4n) is 3.44. The highest BCUT2D eigenvalue weighted by atomic mass is 32.2. The normalized spacial score (nSPS) is 15.8. The van der Waals surface area contributed by atoms with Crippen LogP contribution in [0, 0.1) is 5.82 Å². The summed E-state index contributed by atoms with van der Waals surface area (Å²) in [5.41, 5.74) is 0.538. The number of hydrogen-bond acceptors (Lipinski definition) is 5. The number of piperidine rings is 1. The van der Waals surface area contributed by atoms with Gasteiger partial charge in [0.25, 0.3) is 0 Å². The molecule has 31 heavy (non-hydrogen) atoms. The standard InChI is InChI=1S/C22H28FN3O4S/c1-3-30-20-12-11-17(15-21(20)31(28,29)26-13-7-4-8-14-26)24-16(2)22(27)25-19-10-6-5-9-18(19)23/h5-6,9-12,15-16,24H,3-4,7-8,13-14H2,1-2H3,(H,25,27)/t16-/m1/s1. The molecule has 1 saturated heterocycles. The highest BCUT2D eigenvalue weighted by Crippen LogP contribution is 2.31. The van der Waals surface area contributed by atoms with Gasteiger partial charge in [-0.1, -0.05) is 18.6 Å². The highest BCUT2D eigenvalue weighted by molar-refractivity contribution is 7.89. The number of nitrogens with zero attached hydrogens (tertiary/aromatic N) is 1. The van der Waals surface area contributed by atoms with Crippen molar-refractivity contribution in [3.05, 3.63) is 48.3 Å². The van der Waals surface area contributed by atoms with Gasteiger partial charge in [-0.05, 0) is 57.0 Å². The molecule has 0 saturated carbocycles. The monoisotopic (exact) mass is 449 g/mol. The van der Waals surface area contributed by atoms with Crippen molar-refractivity contribution >= 4 is 27.3 Å². The van der Waals surface area contributed by atoms with Crippen molar-refractivity contribution in [2.45, 2.75) is 44.0 Å². The molecule has 1 fully saturated rings. The fraction of sp³-hybridized carbons (Fsp3) is 0.409. The van der Waals surface area contributed by atoms with Crippen molar-refractivity contribution in [1.29, 1.82) is 0 Å². The van der Waals surface area contributed by atoms with E-state index in [1.54, 1.807) is 32.0 Å². The van der Waals surface area contributed by atoms with Crippen LogP contribution in [0.4, 0.5) is 15.8 Å². The zero-order valence-corrected chi connectivity index (χ0v) is 18.5.